The van der Waals surface area contributed by atoms with Gasteiger partial charge in [-0.1, -0.05) is 6.58 Å². The second-order valence-corrected chi connectivity index (χ2v) is 5.10. The van der Waals surface area contributed by atoms with Gasteiger partial charge in [-0.2, -0.15) is 0 Å². The molecule has 3 nitrogen and oxygen atoms in total. The lowest BCUT2D eigenvalue weighted by molar-refractivity contribution is -0.921. The molecule has 0 spiro atoms. The first kappa shape index (κ1) is 13.2. The van der Waals surface area contributed by atoms with Gasteiger partial charge in [-0.25, -0.2) is 0 Å². The molecule has 0 aliphatic heterocycles. The van der Waals surface area contributed by atoms with E-state index >= 15 is 0 Å². The van der Waals surface area contributed by atoms with Gasteiger partial charge in [-0.3, -0.25) is 4.79 Å². The van der Waals surface area contributed by atoms with Crippen molar-refractivity contribution >= 4 is 5.91 Å². The van der Waals surface area contributed by atoms with E-state index in [4.69, 9.17) is 0 Å². The molecule has 0 aromatic heterocycles. The minimum Gasteiger partial charge on any atom is -0.344 e. The summed E-state index contributed by atoms with van der Waals surface area (Å²) in [7, 11) is 6.36. The Hall–Kier alpha value is -0.830. The number of rotatable bonds is 4. The Morgan fingerprint density at radius 3 is 2.14 bits per heavy atom. The molecule has 1 N–H and O–H groups in total. The van der Waals surface area contributed by atoms with Crippen molar-refractivity contribution < 1.29 is 9.28 Å². The number of hydrogen-bond acceptors (Lipinski definition) is 1. The first-order valence-corrected chi connectivity index (χ1v) is 4.87. The smallest absolute Gasteiger partial charge is 0.243 e. The van der Waals surface area contributed by atoms with E-state index in [1.807, 2.05) is 6.92 Å². The number of amides is 1. The highest BCUT2D eigenvalue weighted by atomic mass is 16.1. The van der Waals surface area contributed by atoms with E-state index in [1.165, 1.54) is 6.08 Å². The Morgan fingerprint density at radius 2 is 1.86 bits per heavy atom. The van der Waals surface area contributed by atoms with Crippen LogP contribution in [0.2, 0.25) is 0 Å². The van der Waals surface area contributed by atoms with Crippen LogP contribution in [-0.4, -0.2) is 43.1 Å². The quantitative estimate of drug-likeness (QED) is 0.534. The Labute approximate surface area is 87.4 Å². The van der Waals surface area contributed by atoms with Crippen LogP contribution in [0.4, 0.5) is 0 Å². The molecule has 1 unspecified atom stereocenters. The number of quaternary nitrogens is 1. The predicted octanol–water partition coefficient (Wildman–Crippen LogP) is 1.16. The minimum atomic E-state index is -0.112. The van der Waals surface area contributed by atoms with Crippen molar-refractivity contribution in [1.29, 1.82) is 0 Å². The molecule has 1 amide bonds. The topological polar surface area (TPSA) is 29.1 Å². The SMILES string of the molecule is C=CC(=O)NC(C)C(C)(C)[N+](C)(C)C. The van der Waals surface area contributed by atoms with Gasteiger partial charge in [0.1, 0.15) is 5.54 Å². The van der Waals surface area contributed by atoms with Crippen molar-refractivity contribution in [2.24, 2.45) is 0 Å². The van der Waals surface area contributed by atoms with Crippen molar-refractivity contribution in [1.82, 2.24) is 5.32 Å². The van der Waals surface area contributed by atoms with Gasteiger partial charge in [0.15, 0.2) is 0 Å². The third-order valence-corrected chi connectivity index (χ3v) is 3.33. The van der Waals surface area contributed by atoms with E-state index in [0.717, 1.165) is 4.48 Å². The Kier molecular flexibility index (Phi) is 3.89. The summed E-state index contributed by atoms with van der Waals surface area (Å²) in [4.78, 5) is 11.2. The number of carbonyl (C=O) groups is 1. The van der Waals surface area contributed by atoms with Gasteiger partial charge in [0.2, 0.25) is 5.91 Å². The number of likely N-dealkylation sites (N-methyl/N-ethyl adjacent to an activating group) is 1. The standard InChI is InChI=1S/C11H22N2O/c1-8-10(14)12-9(2)11(3,4)13(5,6)7/h8-9H,1H2,2-7H3/p+1. The van der Waals surface area contributed by atoms with E-state index in [0.29, 0.717) is 0 Å². The van der Waals surface area contributed by atoms with E-state index < -0.39 is 0 Å². The molecule has 14 heavy (non-hydrogen) atoms. The van der Waals surface area contributed by atoms with Crippen molar-refractivity contribution in [3.05, 3.63) is 12.7 Å². The average Bonchev–Trinajstić information content (AvgIpc) is 2.01. The van der Waals surface area contributed by atoms with Crippen molar-refractivity contribution in [2.75, 3.05) is 21.1 Å². The minimum absolute atomic E-state index is 0.0152. The van der Waals surface area contributed by atoms with Crippen LogP contribution < -0.4 is 5.32 Å². The van der Waals surface area contributed by atoms with Crippen LogP contribution >= 0.6 is 0 Å². The molecule has 0 radical (unpaired) electrons. The van der Waals surface area contributed by atoms with Crippen molar-refractivity contribution in [3.63, 3.8) is 0 Å². The molecule has 0 aliphatic carbocycles. The van der Waals surface area contributed by atoms with Crippen LogP contribution in [0, 0.1) is 0 Å². The van der Waals surface area contributed by atoms with Crippen LogP contribution in [0.25, 0.3) is 0 Å². The highest BCUT2D eigenvalue weighted by Gasteiger charge is 2.38. The zero-order valence-electron chi connectivity index (χ0n) is 10.2. The molecule has 1 atom stereocenters. The predicted molar refractivity (Wildman–Crippen MR) is 59.9 cm³/mol. The molecule has 0 bridgehead atoms. The number of carbonyl (C=O) groups excluding carboxylic acids is 1. The zero-order valence-corrected chi connectivity index (χ0v) is 10.2. The van der Waals surface area contributed by atoms with Crippen LogP contribution in [0.1, 0.15) is 20.8 Å². The largest absolute Gasteiger partial charge is 0.344 e. The van der Waals surface area contributed by atoms with Crippen molar-refractivity contribution in [2.45, 2.75) is 32.4 Å². The molecule has 0 aliphatic rings. The second-order valence-electron chi connectivity index (χ2n) is 5.10. The van der Waals surface area contributed by atoms with Crippen molar-refractivity contribution in [3.8, 4) is 0 Å². The molecule has 3 heteroatoms. The Balaban J connectivity index is 4.59. The number of hydrogen-bond donors (Lipinski definition) is 1. The summed E-state index contributed by atoms with van der Waals surface area (Å²) in [5.41, 5.74) is -0.0152. The fourth-order valence-corrected chi connectivity index (χ4v) is 1.03. The van der Waals surface area contributed by atoms with Crippen LogP contribution in [0.15, 0.2) is 12.7 Å². The highest BCUT2D eigenvalue weighted by molar-refractivity contribution is 5.87. The number of nitrogens with one attached hydrogen (secondary N) is 1. The molecule has 0 heterocycles. The maximum Gasteiger partial charge on any atom is 0.243 e. The van der Waals surface area contributed by atoms with Gasteiger partial charge in [0.25, 0.3) is 0 Å². The highest BCUT2D eigenvalue weighted by Crippen LogP contribution is 2.21. The van der Waals surface area contributed by atoms with Gasteiger partial charge in [-0.05, 0) is 26.8 Å². The molecule has 0 aromatic carbocycles. The average molecular weight is 199 g/mol. The van der Waals surface area contributed by atoms with Gasteiger partial charge in [0.05, 0.1) is 27.2 Å². The zero-order chi connectivity index (χ0) is 11.6. The van der Waals surface area contributed by atoms with Gasteiger partial charge < -0.3 is 9.80 Å². The second kappa shape index (κ2) is 4.13. The molecular weight excluding hydrogens is 176 g/mol. The van der Waals surface area contributed by atoms with E-state index in [9.17, 15) is 4.79 Å². The summed E-state index contributed by atoms with van der Waals surface area (Å²) in [5.74, 6) is -0.112. The fraction of sp³-hybridized carbons (Fsp3) is 0.727. The lowest BCUT2D eigenvalue weighted by Crippen LogP contribution is -2.63. The molecule has 82 valence electrons. The van der Waals surface area contributed by atoms with Gasteiger partial charge in [-0.15, -0.1) is 0 Å². The first-order valence-electron chi connectivity index (χ1n) is 4.87. The molecule has 0 fully saturated rings. The summed E-state index contributed by atoms with van der Waals surface area (Å²) in [6, 6.07) is 0.105. The monoisotopic (exact) mass is 199 g/mol. The Morgan fingerprint density at radius 1 is 1.43 bits per heavy atom. The third-order valence-electron chi connectivity index (χ3n) is 3.33. The van der Waals surface area contributed by atoms with Crippen LogP contribution in [0.3, 0.4) is 0 Å². The van der Waals surface area contributed by atoms with Gasteiger partial charge >= 0.3 is 0 Å². The summed E-state index contributed by atoms with van der Waals surface area (Å²) in [6.07, 6.45) is 1.31. The third kappa shape index (κ3) is 2.84. The number of nitrogens with zero attached hydrogens (tertiary/aromatic N) is 1. The lowest BCUT2D eigenvalue weighted by atomic mass is 9.92. The van der Waals surface area contributed by atoms with Crippen LogP contribution in [-0.2, 0) is 4.79 Å². The molecule has 0 rings (SSSR count). The summed E-state index contributed by atoms with van der Waals surface area (Å²) in [6.45, 7) is 9.74. The lowest BCUT2D eigenvalue weighted by Gasteiger charge is -2.45. The summed E-state index contributed by atoms with van der Waals surface area (Å²) < 4.78 is 0.797. The van der Waals surface area contributed by atoms with E-state index in [-0.39, 0.29) is 17.5 Å². The first-order chi connectivity index (χ1) is 6.13. The van der Waals surface area contributed by atoms with E-state index in [1.54, 1.807) is 0 Å². The molecular formula is C11H23N2O+. The summed E-state index contributed by atoms with van der Waals surface area (Å²) >= 11 is 0. The summed E-state index contributed by atoms with van der Waals surface area (Å²) in [5, 5.41) is 2.90. The molecule has 0 aromatic rings. The molecule has 0 saturated carbocycles. The van der Waals surface area contributed by atoms with Crippen LogP contribution in [0.5, 0.6) is 0 Å². The van der Waals surface area contributed by atoms with Gasteiger partial charge in [0, 0.05) is 0 Å². The normalized spacial score (nSPS) is 14.7. The molecule has 0 saturated heterocycles. The van der Waals surface area contributed by atoms with E-state index in [2.05, 4.69) is 46.9 Å². The fourth-order valence-electron chi connectivity index (χ4n) is 1.03. The maximum atomic E-state index is 11.2. The maximum absolute atomic E-state index is 11.2. The Bertz CT molecular complexity index is 226.